The van der Waals surface area contributed by atoms with Crippen LogP contribution in [0.4, 0.5) is 5.69 Å². The molecule has 3 aromatic heterocycles. The van der Waals surface area contributed by atoms with Crippen LogP contribution < -0.4 is 4.31 Å². The van der Waals surface area contributed by atoms with E-state index in [-0.39, 0.29) is 12.4 Å². The van der Waals surface area contributed by atoms with E-state index in [1.807, 2.05) is 6.92 Å². The van der Waals surface area contributed by atoms with E-state index >= 15 is 0 Å². The molecule has 0 spiro atoms. The summed E-state index contributed by atoms with van der Waals surface area (Å²) in [5.41, 5.74) is 3.15. The molecule has 0 fully saturated rings. The number of ether oxygens (including phenoxy) is 1. The molecular formula is C20H19N3O2S3. The Hall–Kier alpha value is -2.29. The third kappa shape index (κ3) is 4.09. The van der Waals surface area contributed by atoms with E-state index in [1.165, 1.54) is 15.5 Å². The number of anilines is 1. The van der Waals surface area contributed by atoms with Crippen molar-refractivity contribution in [2.75, 3.05) is 18.0 Å². The number of para-hydroxylation sites is 1. The first-order valence-electron chi connectivity index (χ1n) is 8.81. The fourth-order valence-corrected chi connectivity index (χ4v) is 5.54. The monoisotopic (exact) mass is 429 g/mol. The molecule has 3 heterocycles. The van der Waals surface area contributed by atoms with Crippen LogP contribution in [0.2, 0.25) is 0 Å². The van der Waals surface area contributed by atoms with Crippen molar-refractivity contribution in [3.8, 4) is 10.7 Å². The molecule has 0 aliphatic rings. The SMILES string of the molecule is CCOC(=O)Cc1cnc(-c2cc3cccc(N(C)Sc4cccs4)c3[nH]2)s1. The van der Waals surface area contributed by atoms with Crippen LogP contribution in [0, 0.1) is 0 Å². The summed E-state index contributed by atoms with van der Waals surface area (Å²) in [6.45, 7) is 2.21. The normalized spacial score (nSPS) is 11.1. The summed E-state index contributed by atoms with van der Waals surface area (Å²) in [5, 5.41) is 4.09. The van der Waals surface area contributed by atoms with Crippen LogP contribution in [0.3, 0.4) is 0 Å². The van der Waals surface area contributed by atoms with Crippen LogP contribution in [0.15, 0.2) is 52.2 Å². The summed E-state index contributed by atoms with van der Waals surface area (Å²) in [6, 6.07) is 12.5. The summed E-state index contributed by atoms with van der Waals surface area (Å²) in [4.78, 5) is 20.6. The Balaban J connectivity index is 1.60. The van der Waals surface area contributed by atoms with Gasteiger partial charge in [0, 0.05) is 23.5 Å². The van der Waals surface area contributed by atoms with Gasteiger partial charge >= 0.3 is 5.97 Å². The number of nitrogens with zero attached hydrogens (tertiary/aromatic N) is 2. The molecule has 0 aliphatic carbocycles. The number of benzene rings is 1. The summed E-state index contributed by atoms with van der Waals surface area (Å²) >= 11 is 4.95. The third-order valence-corrected chi connectivity index (χ3v) is 7.09. The molecule has 0 unspecified atom stereocenters. The zero-order valence-corrected chi connectivity index (χ0v) is 17.9. The van der Waals surface area contributed by atoms with Crippen molar-refractivity contribution in [3.63, 3.8) is 0 Å². The fourth-order valence-electron chi connectivity index (χ4n) is 2.89. The van der Waals surface area contributed by atoms with Crippen molar-refractivity contribution < 1.29 is 9.53 Å². The third-order valence-electron chi connectivity index (χ3n) is 4.10. The van der Waals surface area contributed by atoms with Crippen molar-refractivity contribution in [3.05, 3.63) is 52.9 Å². The number of aromatic nitrogens is 2. The molecule has 0 bridgehead atoms. The van der Waals surface area contributed by atoms with Crippen LogP contribution in [-0.2, 0) is 16.0 Å². The number of rotatable bonds is 7. The van der Waals surface area contributed by atoms with Gasteiger partial charge in [0.15, 0.2) is 0 Å². The van der Waals surface area contributed by atoms with Crippen LogP contribution in [0.5, 0.6) is 0 Å². The number of fused-ring (bicyclic) bond motifs is 1. The van der Waals surface area contributed by atoms with Gasteiger partial charge in [0.1, 0.15) is 5.01 Å². The maximum Gasteiger partial charge on any atom is 0.311 e. The average molecular weight is 430 g/mol. The fraction of sp³-hybridized carbons (Fsp3) is 0.200. The zero-order valence-electron chi connectivity index (χ0n) is 15.5. The smallest absolute Gasteiger partial charge is 0.311 e. The molecule has 4 aromatic rings. The first-order valence-corrected chi connectivity index (χ1v) is 11.3. The van der Waals surface area contributed by atoms with Crippen molar-refractivity contribution in [2.45, 2.75) is 17.6 Å². The number of carbonyl (C=O) groups is 1. The Morgan fingerprint density at radius 1 is 1.32 bits per heavy atom. The standard InChI is InChI=1S/C20H19N3O2S3/c1-3-25-17(24)11-14-12-21-20(27-14)15-10-13-6-4-7-16(19(13)22-15)23(2)28-18-8-5-9-26-18/h4-10,12,22H,3,11H2,1-2H3. The lowest BCUT2D eigenvalue weighted by molar-refractivity contribution is -0.142. The molecule has 28 heavy (non-hydrogen) atoms. The number of esters is 1. The predicted octanol–water partition coefficient (Wildman–Crippen LogP) is 5.60. The lowest BCUT2D eigenvalue weighted by Gasteiger charge is -2.17. The molecule has 4 rings (SSSR count). The summed E-state index contributed by atoms with van der Waals surface area (Å²) < 4.78 is 8.43. The van der Waals surface area contributed by atoms with Gasteiger partial charge in [-0.05, 0) is 42.5 Å². The minimum Gasteiger partial charge on any atom is -0.466 e. The summed E-state index contributed by atoms with van der Waals surface area (Å²) in [7, 11) is 2.07. The number of hydrogen-bond donors (Lipinski definition) is 1. The highest BCUT2D eigenvalue weighted by Crippen LogP contribution is 2.36. The number of thiophene rings is 1. The molecule has 0 saturated carbocycles. The molecule has 0 amide bonds. The second-order valence-corrected chi connectivity index (χ2v) is 9.55. The van der Waals surface area contributed by atoms with Crippen molar-refractivity contribution in [1.29, 1.82) is 0 Å². The number of aromatic amines is 1. The van der Waals surface area contributed by atoms with E-state index < -0.39 is 0 Å². The van der Waals surface area contributed by atoms with E-state index in [0.29, 0.717) is 6.61 Å². The van der Waals surface area contributed by atoms with Crippen LogP contribution in [-0.4, -0.2) is 29.6 Å². The number of hydrogen-bond acceptors (Lipinski definition) is 7. The maximum atomic E-state index is 11.7. The molecule has 0 saturated heterocycles. The molecule has 0 atom stereocenters. The topological polar surface area (TPSA) is 58.2 Å². The quantitative estimate of drug-likeness (QED) is 0.306. The summed E-state index contributed by atoms with van der Waals surface area (Å²) in [6.07, 6.45) is 2.01. The largest absolute Gasteiger partial charge is 0.466 e. The molecule has 0 radical (unpaired) electrons. The predicted molar refractivity (Wildman–Crippen MR) is 118 cm³/mol. The number of carbonyl (C=O) groups excluding carboxylic acids is 1. The first-order chi connectivity index (χ1) is 13.6. The Morgan fingerprint density at radius 2 is 2.21 bits per heavy atom. The van der Waals surface area contributed by atoms with E-state index in [0.717, 1.165) is 32.2 Å². The number of H-pyrrole nitrogens is 1. The highest BCUT2D eigenvalue weighted by atomic mass is 32.2. The Morgan fingerprint density at radius 3 is 3.00 bits per heavy atom. The van der Waals surface area contributed by atoms with Gasteiger partial charge in [0.25, 0.3) is 0 Å². The van der Waals surface area contributed by atoms with Gasteiger partial charge < -0.3 is 14.0 Å². The van der Waals surface area contributed by atoms with Crippen LogP contribution >= 0.6 is 34.6 Å². The maximum absolute atomic E-state index is 11.7. The molecule has 1 N–H and O–H groups in total. The highest BCUT2D eigenvalue weighted by Gasteiger charge is 2.14. The van der Waals surface area contributed by atoms with Crippen molar-refractivity contribution >= 4 is 57.2 Å². The van der Waals surface area contributed by atoms with Gasteiger partial charge in [-0.25, -0.2) is 4.98 Å². The summed E-state index contributed by atoms with van der Waals surface area (Å²) in [5.74, 6) is -0.219. The molecule has 144 valence electrons. The van der Waals surface area contributed by atoms with Gasteiger partial charge in [0.2, 0.25) is 0 Å². The molecular weight excluding hydrogens is 410 g/mol. The lowest BCUT2D eigenvalue weighted by atomic mass is 10.2. The molecule has 5 nitrogen and oxygen atoms in total. The van der Waals surface area contributed by atoms with Crippen molar-refractivity contribution in [2.24, 2.45) is 0 Å². The average Bonchev–Trinajstić information content (AvgIpc) is 3.41. The van der Waals surface area contributed by atoms with E-state index in [9.17, 15) is 4.79 Å². The Bertz CT molecular complexity index is 1090. The number of thiazole rings is 1. The highest BCUT2D eigenvalue weighted by molar-refractivity contribution is 8.02. The first kappa shape index (κ1) is 19.0. The molecule has 8 heteroatoms. The minimum atomic E-state index is -0.219. The van der Waals surface area contributed by atoms with Gasteiger partial charge in [-0.15, -0.1) is 22.7 Å². The van der Waals surface area contributed by atoms with Crippen molar-refractivity contribution in [1.82, 2.24) is 9.97 Å². The zero-order chi connectivity index (χ0) is 19.5. The van der Waals surface area contributed by atoms with Gasteiger partial charge in [-0.1, -0.05) is 18.2 Å². The van der Waals surface area contributed by atoms with Crippen LogP contribution in [0.1, 0.15) is 11.8 Å². The number of nitrogens with one attached hydrogen (secondary N) is 1. The van der Waals surface area contributed by atoms with E-state index in [2.05, 4.69) is 63.1 Å². The Kier molecular flexibility index (Phi) is 5.70. The molecule has 0 aliphatic heterocycles. The lowest BCUT2D eigenvalue weighted by Crippen LogP contribution is -2.06. The van der Waals surface area contributed by atoms with E-state index in [1.54, 1.807) is 29.5 Å². The van der Waals surface area contributed by atoms with Gasteiger partial charge in [-0.3, -0.25) is 4.79 Å². The Labute approximate surface area is 175 Å². The van der Waals surface area contributed by atoms with Gasteiger partial charge in [-0.2, -0.15) is 0 Å². The van der Waals surface area contributed by atoms with E-state index in [4.69, 9.17) is 4.74 Å². The minimum absolute atomic E-state index is 0.219. The second-order valence-electron chi connectivity index (χ2n) is 6.06. The second kappa shape index (κ2) is 8.38. The van der Waals surface area contributed by atoms with Gasteiger partial charge in [0.05, 0.1) is 34.1 Å². The van der Waals surface area contributed by atoms with Crippen LogP contribution in [0.25, 0.3) is 21.6 Å². The molecule has 1 aromatic carbocycles.